The summed E-state index contributed by atoms with van der Waals surface area (Å²) < 4.78 is 26.9. The van der Waals surface area contributed by atoms with Gasteiger partial charge in [0, 0.05) is 36.4 Å². The molecule has 1 saturated carbocycles. The standard InChI is InChI=1S/C21H20F2N4O3/c1-13-17(25-11-10-24-13)15-4-2-14(3-5-15)16(28)12-27-18(29)20(26-19(27)30)6-8-21(22,23)9-7-20/h2-5,10-11H,6-9,12H2,1H3,(H,26,30). The molecule has 1 aromatic carbocycles. The first-order valence-corrected chi connectivity index (χ1v) is 9.64. The molecule has 0 atom stereocenters. The zero-order valence-electron chi connectivity index (χ0n) is 16.3. The molecular formula is C21H20F2N4O3. The minimum atomic E-state index is -2.83. The van der Waals surface area contributed by atoms with E-state index in [4.69, 9.17) is 0 Å². The Morgan fingerprint density at radius 2 is 1.70 bits per heavy atom. The van der Waals surface area contributed by atoms with Gasteiger partial charge in [0.2, 0.25) is 5.92 Å². The van der Waals surface area contributed by atoms with Crippen LogP contribution in [0.25, 0.3) is 11.3 Å². The Morgan fingerprint density at radius 1 is 1.07 bits per heavy atom. The van der Waals surface area contributed by atoms with Crippen LogP contribution in [-0.4, -0.2) is 50.6 Å². The number of ketones is 1. The Balaban J connectivity index is 1.47. The van der Waals surface area contributed by atoms with E-state index in [0.29, 0.717) is 11.3 Å². The molecule has 0 radical (unpaired) electrons. The van der Waals surface area contributed by atoms with Gasteiger partial charge in [0.1, 0.15) is 5.54 Å². The Labute approximate surface area is 171 Å². The van der Waals surface area contributed by atoms with E-state index in [1.54, 1.807) is 36.7 Å². The second kappa shape index (κ2) is 7.23. The van der Waals surface area contributed by atoms with Gasteiger partial charge in [-0.2, -0.15) is 0 Å². The number of halogens is 2. The third kappa shape index (κ3) is 3.55. The average Bonchev–Trinajstić information content (AvgIpc) is 2.95. The number of amides is 3. The highest BCUT2D eigenvalue weighted by Crippen LogP contribution is 2.41. The molecule has 1 aromatic heterocycles. The molecular weight excluding hydrogens is 394 g/mol. The highest BCUT2D eigenvalue weighted by molar-refractivity contribution is 6.11. The second-order valence-electron chi connectivity index (χ2n) is 7.75. The Kier molecular flexibility index (Phi) is 4.83. The van der Waals surface area contributed by atoms with Gasteiger partial charge in [-0.3, -0.25) is 24.5 Å². The van der Waals surface area contributed by atoms with Crippen LogP contribution in [0.4, 0.5) is 13.6 Å². The van der Waals surface area contributed by atoms with Gasteiger partial charge in [0.15, 0.2) is 5.78 Å². The average molecular weight is 414 g/mol. The Bertz CT molecular complexity index is 1010. The summed E-state index contributed by atoms with van der Waals surface area (Å²) in [4.78, 5) is 47.0. The number of hydrogen-bond acceptors (Lipinski definition) is 5. The van der Waals surface area contributed by atoms with Gasteiger partial charge in [-0.1, -0.05) is 24.3 Å². The Morgan fingerprint density at radius 3 is 2.33 bits per heavy atom. The van der Waals surface area contributed by atoms with Gasteiger partial charge >= 0.3 is 6.03 Å². The molecule has 1 aliphatic carbocycles. The summed E-state index contributed by atoms with van der Waals surface area (Å²) in [6.45, 7) is 1.39. The van der Waals surface area contributed by atoms with Gasteiger partial charge < -0.3 is 5.32 Å². The minimum Gasteiger partial charge on any atom is -0.323 e. The monoisotopic (exact) mass is 414 g/mol. The van der Waals surface area contributed by atoms with Crippen molar-refractivity contribution in [1.82, 2.24) is 20.2 Å². The van der Waals surface area contributed by atoms with Crippen LogP contribution in [0.15, 0.2) is 36.7 Å². The predicted molar refractivity (Wildman–Crippen MR) is 103 cm³/mol. The number of hydrogen-bond donors (Lipinski definition) is 1. The summed E-state index contributed by atoms with van der Waals surface area (Å²) in [5, 5.41) is 2.54. The van der Waals surface area contributed by atoms with Gasteiger partial charge in [-0.05, 0) is 19.8 Å². The number of rotatable bonds is 4. The molecule has 30 heavy (non-hydrogen) atoms. The van der Waals surface area contributed by atoms with E-state index in [0.717, 1.165) is 16.2 Å². The van der Waals surface area contributed by atoms with Crippen molar-refractivity contribution in [2.24, 2.45) is 0 Å². The van der Waals surface area contributed by atoms with E-state index in [9.17, 15) is 23.2 Å². The molecule has 1 aliphatic heterocycles. The number of alkyl halides is 2. The van der Waals surface area contributed by atoms with Crippen molar-refractivity contribution in [2.75, 3.05) is 6.54 Å². The van der Waals surface area contributed by atoms with E-state index in [1.807, 2.05) is 6.92 Å². The van der Waals surface area contributed by atoms with Gasteiger partial charge in [-0.15, -0.1) is 0 Å². The third-order valence-electron chi connectivity index (χ3n) is 5.74. The third-order valence-corrected chi connectivity index (χ3v) is 5.74. The zero-order chi connectivity index (χ0) is 21.5. The molecule has 2 aromatic rings. The number of carbonyl (C=O) groups excluding carboxylic acids is 3. The number of nitrogens with zero attached hydrogens (tertiary/aromatic N) is 3. The molecule has 0 bridgehead atoms. The maximum Gasteiger partial charge on any atom is 0.325 e. The van der Waals surface area contributed by atoms with Crippen molar-refractivity contribution in [3.05, 3.63) is 47.9 Å². The maximum absolute atomic E-state index is 13.5. The number of carbonyl (C=O) groups is 3. The summed E-state index contributed by atoms with van der Waals surface area (Å²) in [7, 11) is 0. The van der Waals surface area contributed by atoms with Crippen LogP contribution in [0.3, 0.4) is 0 Å². The van der Waals surface area contributed by atoms with Crippen molar-refractivity contribution in [1.29, 1.82) is 0 Å². The lowest BCUT2D eigenvalue weighted by Gasteiger charge is -2.34. The number of imide groups is 1. The quantitative estimate of drug-likeness (QED) is 0.613. The van der Waals surface area contributed by atoms with Crippen molar-refractivity contribution >= 4 is 17.7 Å². The SMILES string of the molecule is Cc1nccnc1-c1ccc(C(=O)CN2C(=O)NC3(CCC(F)(F)CC3)C2=O)cc1. The molecule has 3 amide bonds. The molecule has 1 saturated heterocycles. The van der Waals surface area contributed by atoms with Crippen LogP contribution in [0, 0.1) is 6.92 Å². The number of aromatic nitrogens is 2. The summed E-state index contributed by atoms with van der Waals surface area (Å²) in [5.74, 6) is -3.86. The van der Waals surface area contributed by atoms with E-state index in [2.05, 4.69) is 15.3 Å². The van der Waals surface area contributed by atoms with E-state index < -0.39 is 48.6 Å². The maximum atomic E-state index is 13.5. The Hall–Kier alpha value is -3.23. The van der Waals surface area contributed by atoms with Crippen LogP contribution < -0.4 is 5.32 Å². The normalized spacial score (nSPS) is 19.8. The molecule has 7 nitrogen and oxygen atoms in total. The molecule has 1 N–H and O–H groups in total. The molecule has 2 aliphatic rings. The van der Waals surface area contributed by atoms with Crippen LogP contribution in [0.2, 0.25) is 0 Å². The lowest BCUT2D eigenvalue weighted by molar-refractivity contribution is -0.135. The van der Waals surface area contributed by atoms with Crippen LogP contribution >= 0.6 is 0 Å². The van der Waals surface area contributed by atoms with Crippen molar-refractivity contribution in [2.45, 2.75) is 44.1 Å². The molecule has 2 fully saturated rings. The molecule has 156 valence electrons. The van der Waals surface area contributed by atoms with Crippen molar-refractivity contribution < 1.29 is 23.2 Å². The zero-order valence-corrected chi connectivity index (χ0v) is 16.3. The fourth-order valence-corrected chi connectivity index (χ4v) is 3.94. The van der Waals surface area contributed by atoms with Gasteiger partial charge in [0.25, 0.3) is 5.91 Å². The molecule has 2 heterocycles. The van der Waals surface area contributed by atoms with Gasteiger partial charge in [0.05, 0.1) is 17.9 Å². The fourth-order valence-electron chi connectivity index (χ4n) is 3.94. The van der Waals surface area contributed by atoms with Crippen LogP contribution in [0.5, 0.6) is 0 Å². The largest absolute Gasteiger partial charge is 0.325 e. The van der Waals surface area contributed by atoms with Crippen molar-refractivity contribution in [3.63, 3.8) is 0 Å². The van der Waals surface area contributed by atoms with Crippen LogP contribution in [-0.2, 0) is 4.79 Å². The number of Topliss-reactive ketones (excluding diaryl/α,β-unsaturated/α-hetero) is 1. The number of nitrogens with one attached hydrogen (secondary N) is 1. The molecule has 4 rings (SSSR count). The summed E-state index contributed by atoms with van der Waals surface area (Å²) in [6, 6.07) is 5.93. The minimum absolute atomic E-state index is 0.137. The lowest BCUT2D eigenvalue weighted by Crippen LogP contribution is -2.51. The van der Waals surface area contributed by atoms with Crippen molar-refractivity contribution in [3.8, 4) is 11.3 Å². The van der Waals surface area contributed by atoms with E-state index in [-0.39, 0.29) is 12.8 Å². The number of benzene rings is 1. The first-order valence-electron chi connectivity index (χ1n) is 9.64. The number of aryl methyl sites for hydroxylation is 1. The molecule has 1 spiro atoms. The molecule has 9 heteroatoms. The summed E-state index contributed by atoms with van der Waals surface area (Å²) in [6.07, 6.45) is 1.96. The molecule has 0 unspecified atom stereocenters. The topological polar surface area (TPSA) is 92.3 Å². The second-order valence-corrected chi connectivity index (χ2v) is 7.75. The van der Waals surface area contributed by atoms with Gasteiger partial charge in [-0.25, -0.2) is 13.6 Å². The smallest absolute Gasteiger partial charge is 0.323 e. The summed E-state index contributed by atoms with van der Waals surface area (Å²) >= 11 is 0. The van der Waals surface area contributed by atoms with Crippen LogP contribution in [0.1, 0.15) is 41.7 Å². The fraction of sp³-hybridized carbons (Fsp3) is 0.381. The number of urea groups is 1. The first-order chi connectivity index (χ1) is 14.2. The lowest BCUT2D eigenvalue weighted by atomic mass is 9.80. The first kappa shape index (κ1) is 20.1. The predicted octanol–water partition coefficient (Wildman–Crippen LogP) is 3.13. The van der Waals surface area contributed by atoms with E-state index >= 15 is 0 Å². The highest BCUT2D eigenvalue weighted by atomic mass is 19.3. The summed E-state index contributed by atoms with van der Waals surface area (Å²) in [5.41, 5.74) is 1.24. The van der Waals surface area contributed by atoms with E-state index in [1.165, 1.54) is 0 Å². The highest BCUT2D eigenvalue weighted by Gasteiger charge is 2.55.